The van der Waals surface area contributed by atoms with Crippen molar-refractivity contribution >= 4 is 28.7 Å². The van der Waals surface area contributed by atoms with Crippen LogP contribution >= 0.6 is 11.8 Å². The van der Waals surface area contributed by atoms with Crippen LogP contribution in [0, 0.1) is 5.82 Å². The Labute approximate surface area is 177 Å². The van der Waals surface area contributed by atoms with Crippen molar-refractivity contribution in [2.75, 3.05) is 12.8 Å². The molecule has 30 heavy (non-hydrogen) atoms. The van der Waals surface area contributed by atoms with E-state index in [2.05, 4.69) is 15.1 Å². The van der Waals surface area contributed by atoms with Gasteiger partial charge in [-0.15, -0.1) is 0 Å². The standard InChI is InChI=1S/C22H20FN5OS/c1-15(16-8-10-17(23)11-9-16)27(2)20(29)13-30-22-19-12-26-28(21(19)24-14-25-22)18-6-4-3-5-7-18/h3-12,14-15H,13H2,1-2H3. The molecule has 4 rings (SSSR count). The second-order valence-electron chi connectivity index (χ2n) is 6.83. The van der Waals surface area contributed by atoms with E-state index in [1.54, 1.807) is 35.0 Å². The lowest BCUT2D eigenvalue weighted by Crippen LogP contribution is -2.31. The fourth-order valence-electron chi connectivity index (χ4n) is 3.11. The van der Waals surface area contributed by atoms with E-state index in [9.17, 15) is 9.18 Å². The second-order valence-corrected chi connectivity index (χ2v) is 7.79. The van der Waals surface area contributed by atoms with Crippen LogP contribution in [0.5, 0.6) is 0 Å². The molecule has 0 N–H and O–H groups in total. The third-order valence-corrected chi connectivity index (χ3v) is 5.98. The summed E-state index contributed by atoms with van der Waals surface area (Å²) in [5.41, 5.74) is 2.48. The molecule has 2 aromatic carbocycles. The van der Waals surface area contributed by atoms with E-state index in [0.717, 1.165) is 16.6 Å². The molecule has 1 amide bonds. The van der Waals surface area contributed by atoms with Crippen LogP contribution in [0.4, 0.5) is 4.39 Å². The van der Waals surface area contributed by atoms with Crippen LogP contribution in [-0.4, -0.2) is 43.4 Å². The van der Waals surface area contributed by atoms with Gasteiger partial charge in [0.15, 0.2) is 5.65 Å². The maximum Gasteiger partial charge on any atom is 0.233 e. The molecule has 1 unspecified atom stereocenters. The van der Waals surface area contributed by atoms with Crippen LogP contribution in [0.2, 0.25) is 0 Å². The zero-order chi connectivity index (χ0) is 21.1. The number of para-hydroxylation sites is 1. The summed E-state index contributed by atoms with van der Waals surface area (Å²) in [6.07, 6.45) is 3.21. The van der Waals surface area contributed by atoms with Crippen molar-refractivity contribution in [2.45, 2.75) is 18.0 Å². The van der Waals surface area contributed by atoms with E-state index in [1.807, 2.05) is 37.3 Å². The largest absolute Gasteiger partial charge is 0.338 e. The topological polar surface area (TPSA) is 63.9 Å². The van der Waals surface area contributed by atoms with Gasteiger partial charge in [0, 0.05) is 7.05 Å². The Hall–Kier alpha value is -3.26. The van der Waals surface area contributed by atoms with E-state index in [4.69, 9.17) is 0 Å². The maximum absolute atomic E-state index is 13.2. The smallest absolute Gasteiger partial charge is 0.233 e. The number of carbonyl (C=O) groups excluding carboxylic acids is 1. The molecule has 0 aliphatic rings. The number of aromatic nitrogens is 4. The van der Waals surface area contributed by atoms with E-state index in [-0.39, 0.29) is 23.5 Å². The molecule has 152 valence electrons. The number of hydrogen-bond acceptors (Lipinski definition) is 5. The predicted octanol–water partition coefficient (Wildman–Crippen LogP) is 4.27. The lowest BCUT2D eigenvalue weighted by Gasteiger charge is -2.25. The van der Waals surface area contributed by atoms with Crippen molar-refractivity contribution in [3.8, 4) is 5.69 Å². The predicted molar refractivity (Wildman–Crippen MR) is 115 cm³/mol. The van der Waals surface area contributed by atoms with E-state index < -0.39 is 0 Å². The molecule has 8 heteroatoms. The minimum Gasteiger partial charge on any atom is -0.338 e. The summed E-state index contributed by atoms with van der Waals surface area (Å²) in [5, 5.41) is 5.94. The van der Waals surface area contributed by atoms with Gasteiger partial charge in [-0.2, -0.15) is 5.10 Å². The number of hydrogen-bond donors (Lipinski definition) is 0. The van der Waals surface area contributed by atoms with Crippen LogP contribution in [0.3, 0.4) is 0 Å². The monoisotopic (exact) mass is 421 g/mol. The van der Waals surface area contributed by atoms with Crippen LogP contribution in [0.25, 0.3) is 16.7 Å². The third-order valence-electron chi connectivity index (χ3n) is 4.99. The summed E-state index contributed by atoms with van der Waals surface area (Å²) in [7, 11) is 1.75. The maximum atomic E-state index is 13.2. The Morgan fingerprint density at radius 2 is 1.87 bits per heavy atom. The lowest BCUT2D eigenvalue weighted by molar-refractivity contribution is -0.128. The van der Waals surface area contributed by atoms with Crippen molar-refractivity contribution in [3.63, 3.8) is 0 Å². The number of benzene rings is 2. The molecule has 0 aliphatic heterocycles. The average molecular weight is 422 g/mol. The molecule has 0 fully saturated rings. The van der Waals surface area contributed by atoms with Crippen LogP contribution in [0.15, 0.2) is 72.1 Å². The number of fused-ring (bicyclic) bond motifs is 1. The molecule has 1 atom stereocenters. The van der Waals surface area contributed by atoms with E-state index >= 15 is 0 Å². The highest BCUT2D eigenvalue weighted by molar-refractivity contribution is 8.00. The molecular formula is C22H20FN5OS. The number of nitrogens with zero attached hydrogens (tertiary/aromatic N) is 5. The zero-order valence-electron chi connectivity index (χ0n) is 16.6. The van der Waals surface area contributed by atoms with Gasteiger partial charge in [-0.3, -0.25) is 4.79 Å². The van der Waals surface area contributed by atoms with Gasteiger partial charge in [0.05, 0.1) is 29.1 Å². The van der Waals surface area contributed by atoms with Crippen LogP contribution in [0.1, 0.15) is 18.5 Å². The summed E-state index contributed by atoms with van der Waals surface area (Å²) in [6, 6.07) is 15.8. The minimum atomic E-state index is -0.292. The van der Waals surface area contributed by atoms with Gasteiger partial charge in [0.1, 0.15) is 17.2 Å². The molecule has 0 spiro atoms. The highest BCUT2D eigenvalue weighted by Gasteiger charge is 2.19. The molecular weight excluding hydrogens is 401 g/mol. The fourth-order valence-corrected chi connectivity index (χ4v) is 3.99. The Morgan fingerprint density at radius 3 is 2.60 bits per heavy atom. The van der Waals surface area contributed by atoms with Gasteiger partial charge < -0.3 is 4.90 Å². The van der Waals surface area contributed by atoms with Gasteiger partial charge in [0.2, 0.25) is 5.91 Å². The Kier molecular flexibility index (Phi) is 5.76. The number of thioether (sulfide) groups is 1. The second kappa shape index (κ2) is 8.62. The van der Waals surface area contributed by atoms with Crippen LogP contribution < -0.4 is 0 Å². The summed E-state index contributed by atoms with van der Waals surface area (Å²) in [5.74, 6) is -0.108. The molecule has 0 radical (unpaired) electrons. The first-order valence-corrected chi connectivity index (χ1v) is 10.4. The minimum absolute atomic E-state index is 0.0426. The molecule has 2 aromatic heterocycles. The number of amides is 1. The Bertz CT molecular complexity index is 1160. The van der Waals surface area contributed by atoms with Gasteiger partial charge in [0.25, 0.3) is 0 Å². The first-order chi connectivity index (χ1) is 14.5. The van der Waals surface area contributed by atoms with Crippen LogP contribution in [-0.2, 0) is 4.79 Å². The summed E-state index contributed by atoms with van der Waals surface area (Å²) in [6.45, 7) is 1.92. The fraction of sp³-hybridized carbons (Fsp3) is 0.182. The van der Waals surface area contributed by atoms with E-state index in [1.165, 1.54) is 30.2 Å². The summed E-state index contributed by atoms with van der Waals surface area (Å²) >= 11 is 1.35. The summed E-state index contributed by atoms with van der Waals surface area (Å²) < 4.78 is 14.9. The first-order valence-electron chi connectivity index (χ1n) is 9.42. The lowest BCUT2D eigenvalue weighted by atomic mass is 10.1. The number of carbonyl (C=O) groups is 1. The van der Waals surface area contributed by atoms with Crippen molar-refractivity contribution < 1.29 is 9.18 Å². The number of rotatable bonds is 6. The molecule has 0 saturated heterocycles. The molecule has 2 heterocycles. The third kappa shape index (κ3) is 4.04. The molecule has 6 nitrogen and oxygen atoms in total. The van der Waals surface area contributed by atoms with Gasteiger partial charge >= 0.3 is 0 Å². The highest BCUT2D eigenvalue weighted by atomic mass is 32.2. The first kappa shape index (κ1) is 20.0. The quantitative estimate of drug-likeness (QED) is 0.344. The van der Waals surface area contributed by atoms with Crippen molar-refractivity contribution in [3.05, 3.63) is 78.5 Å². The average Bonchev–Trinajstić information content (AvgIpc) is 3.22. The molecule has 0 saturated carbocycles. The van der Waals surface area contributed by atoms with Gasteiger partial charge in [-0.05, 0) is 36.8 Å². The molecule has 4 aromatic rings. The SMILES string of the molecule is CC(c1ccc(F)cc1)N(C)C(=O)CSc1ncnc2c1cnn2-c1ccccc1. The van der Waals surface area contributed by atoms with Gasteiger partial charge in [-0.1, -0.05) is 42.1 Å². The van der Waals surface area contributed by atoms with Crippen molar-refractivity contribution in [2.24, 2.45) is 0 Å². The Balaban J connectivity index is 1.49. The van der Waals surface area contributed by atoms with Crippen molar-refractivity contribution in [1.82, 2.24) is 24.6 Å². The van der Waals surface area contributed by atoms with Crippen molar-refractivity contribution in [1.29, 1.82) is 0 Å². The molecule has 0 bridgehead atoms. The van der Waals surface area contributed by atoms with E-state index in [0.29, 0.717) is 10.7 Å². The number of halogens is 1. The highest BCUT2D eigenvalue weighted by Crippen LogP contribution is 2.27. The molecule has 0 aliphatic carbocycles. The normalized spacial score (nSPS) is 12.1. The zero-order valence-corrected chi connectivity index (χ0v) is 17.4. The Morgan fingerprint density at radius 1 is 1.13 bits per heavy atom. The summed E-state index contributed by atoms with van der Waals surface area (Å²) in [4.78, 5) is 23.1. The van der Waals surface area contributed by atoms with Gasteiger partial charge in [-0.25, -0.2) is 19.0 Å².